The zero-order valence-electron chi connectivity index (χ0n) is 36.5. The third-order valence-corrected chi connectivity index (χ3v) is 14.6. The van der Waals surface area contributed by atoms with Gasteiger partial charge in [-0.3, -0.25) is 19.1 Å². The lowest BCUT2D eigenvalue weighted by Gasteiger charge is -2.35. The Kier molecular flexibility index (Phi) is 13.3. The van der Waals surface area contributed by atoms with Crippen molar-refractivity contribution in [3.63, 3.8) is 0 Å². The highest BCUT2D eigenvalue weighted by Gasteiger charge is 2.63. The van der Waals surface area contributed by atoms with Gasteiger partial charge in [0.15, 0.2) is 0 Å². The van der Waals surface area contributed by atoms with Crippen molar-refractivity contribution in [2.75, 3.05) is 6.54 Å². The van der Waals surface area contributed by atoms with E-state index < -0.39 is 117 Å². The van der Waals surface area contributed by atoms with E-state index in [4.69, 9.17) is 14.2 Å². The molecule has 0 radical (unpaired) electrons. The number of nitrogens with zero attached hydrogens (tertiary/aromatic N) is 3. The van der Waals surface area contributed by atoms with Crippen LogP contribution in [0.1, 0.15) is 106 Å². The SMILES string of the molecule is CC[C@@H]1C[C@H](C)CC/C=C\C2C[C@@]2(C(=O)NS(=O)(=O)C2(C)CC2)NC(=O)[C@@H]2C[C@@H](Oc3nc4cc(OC(C)C)ccc4nc3C(F)(F)F)CN2C(=O)[C@H]1NC(=O)OC(C)(C)C(F)(F)F. The summed E-state index contributed by atoms with van der Waals surface area (Å²) in [5.41, 5.74) is -6.50. The number of hydrogen-bond donors (Lipinski definition) is 3. The summed E-state index contributed by atoms with van der Waals surface area (Å²) in [4.78, 5) is 65.6. The van der Waals surface area contributed by atoms with E-state index in [1.54, 1.807) is 32.9 Å². The molecule has 2 aliphatic carbocycles. The standard InChI is InChI=1S/C42H54F6N6O9S/c1-8-24-17-23(4)11-9-10-12-25-20-40(25,36(57)53-64(59,60)39(7)15-16-39)52-33(55)30-19-27(21-54(30)35(56)31(24)51-37(58)63-38(5,6)42(46,47)48)62-34-32(41(43,44)45)49-28-14-13-26(61-22(2)3)18-29(28)50-34/h10,12-14,18,22-25,27,30-31H,8-9,11,15-17,19-21H2,1-7H3,(H,51,58)(H,52,55)(H,53,57)/b12-10-/t23-,24-,25?,27-,30+,31+,40-/m1/s1. The number of hydrogen-bond acceptors (Lipinski definition) is 11. The Labute approximate surface area is 366 Å². The Morgan fingerprint density at radius 3 is 2.34 bits per heavy atom. The number of halogens is 6. The minimum absolute atomic E-state index is 0.0312. The van der Waals surface area contributed by atoms with Crippen LogP contribution >= 0.6 is 0 Å². The lowest BCUT2D eigenvalue weighted by molar-refractivity contribution is -0.244. The van der Waals surface area contributed by atoms with Gasteiger partial charge in [-0.1, -0.05) is 32.4 Å². The Morgan fingerprint density at radius 1 is 1.05 bits per heavy atom. The average Bonchev–Trinajstić information content (AvgIpc) is 4.06. The molecular weight excluding hydrogens is 879 g/mol. The summed E-state index contributed by atoms with van der Waals surface area (Å²) in [6.45, 7) is 9.16. The van der Waals surface area contributed by atoms with Crippen LogP contribution in [0.15, 0.2) is 30.4 Å². The fraction of sp³-hybridized carbons (Fsp3) is 0.667. The number of amides is 4. The van der Waals surface area contributed by atoms with Crippen LogP contribution in [0.25, 0.3) is 11.0 Å². The number of sulfonamides is 1. The summed E-state index contributed by atoms with van der Waals surface area (Å²) in [5.74, 6) is -5.33. The van der Waals surface area contributed by atoms with Crippen LogP contribution < -0.4 is 24.8 Å². The van der Waals surface area contributed by atoms with Gasteiger partial charge in [0.05, 0.1) is 28.4 Å². The van der Waals surface area contributed by atoms with E-state index >= 15 is 0 Å². The van der Waals surface area contributed by atoms with E-state index in [0.29, 0.717) is 39.5 Å². The van der Waals surface area contributed by atoms with Crippen molar-refractivity contribution in [2.24, 2.45) is 17.8 Å². The van der Waals surface area contributed by atoms with Crippen molar-refractivity contribution >= 4 is 44.9 Å². The van der Waals surface area contributed by atoms with Crippen molar-refractivity contribution in [3.05, 3.63) is 36.0 Å². The van der Waals surface area contributed by atoms with Gasteiger partial charge in [0.2, 0.25) is 39.0 Å². The molecule has 1 unspecified atom stereocenters. The van der Waals surface area contributed by atoms with E-state index in [2.05, 4.69) is 25.3 Å². The number of ether oxygens (including phenoxy) is 3. The molecule has 2 aromatic rings. The van der Waals surface area contributed by atoms with Gasteiger partial charge in [0.1, 0.15) is 29.5 Å². The molecule has 3 N–H and O–H groups in total. The number of allylic oxidation sites excluding steroid dienone is 1. The fourth-order valence-corrected chi connectivity index (χ4v) is 9.36. The van der Waals surface area contributed by atoms with Crippen molar-refractivity contribution in [1.29, 1.82) is 0 Å². The predicted octanol–water partition coefficient (Wildman–Crippen LogP) is 6.50. The molecule has 1 aromatic carbocycles. The molecule has 4 aliphatic rings. The molecule has 1 saturated heterocycles. The molecule has 2 saturated carbocycles. The third kappa shape index (κ3) is 10.3. The van der Waals surface area contributed by atoms with Gasteiger partial charge >= 0.3 is 18.4 Å². The van der Waals surface area contributed by atoms with Gasteiger partial charge in [0.25, 0.3) is 5.91 Å². The normalized spacial score (nSPS) is 28.2. The molecule has 1 aromatic heterocycles. The van der Waals surface area contributed by atoms with Crippen molar-refractivity contribution in [3.8, 4) is 11.6 Å². The van der Waals surface area contributed by atoms with E-state index in [9.17, 15) is 53.9 Å². The summed E-state index contributed by atoms with van der Waals surface area (Å²) in [5, 5.41) is 4.96. The van der Waals surface area contributed by atoms with Crippen LogP contribution in [-0.2, 0) is 35.3 Å². The predicted molar refractivity (Wildman–Crippen MR) is 218 cm³/mol. The molecule has 6 rings (SSSR count). The Morgan fingerprint density at radius 2 is 1.73 bits per heavy atom. The third-order valence-electron chi connectivity index (χ3n) is 12.4. The first-order chi connectivity index (χ1) is 29.6. The number of alkyl carbamates (subject to hydrolysis) is 1. The second-order valence-corrected chi connectivity index (χ2v) is 20.6. The molecule has 0 bridgehead atoms. The van der Waals surface area contributed by atoms with Gasteiger partial charge in [-0.2, -0.15) is 26.3 Å². The Bertz CT molecular complexity index is 2290. The number of nitrogens with one attached hydrogen (secondary N) is 3. The van der Waals surface area contributed by atoms with Crippen LogP contribution in [0.4, 0.5) is 31.1 Å². The van der Waals surface area contributed by atoms with Gasteiger partial charge in [0, 0.05) is 18.4 Å². The van der Waals surface area contributed by atoms with Gasteiger partial charge in [-0.15, -0.1) is 0 Å². The summed E-state index contributed by atoms with van der Waals surface area (Å²) >= 11 is 0. The highest BCUT2D eigenvalue weighted by molar-refractivity contribution is 7.91. The highest BCUT2D eigenvalue weighted by Crippen LogP contribution is 2.48. The van der Waals surface area contributed by atoms with E-state index in [1.807, 2.05) is 6.92 Å². The summed E-state index contributed by atoms with van der Waals surface area (Å²) in [6, 6.07) is 0.815. The van der Waals surface area contributed by atoms with Crippen LogP contribution in [0.5, 0.6) is 11.6 Å². The number of alkyl halides is 6. The fourth-order valence-electron chi connectivity index (χ4n) is 8.05. The van der Waals surface area contributed by atoms with E-state index in [1.165, 1.54) is 25.1 Å². The molecule has 64 heavy (non-hydrogen) atoms. The quantitative estimate of drug-likeness (QED) is 0.174. The molecule has 3 heterocycles. The lowest BCUT2D eigenvalue weighted by atomic mass is 9.85. The number of fused-ring (bicyclic) bond motifs is 3. The van der Waals surface area contributed by atoms with Crippen molar-refractivity contribution in [1.82, 2.24) is 30.2 Å². The molecule has 4 amide bonds. The van der Waals surface area contributed by atoms with Gasteiger partial charge < -0.3 is 29.7 Å². The minimum atomic E-state index is -5.10. The molecule has 0 spiro atoms. The lowest BCUT2D eigenvalue weighted by Crippen LogP contribution is -2.60. The summed E-state index contributed by atoms with van der Waals surface area (Å²) in [7, 11) is -4.19. The average molecular weight is 933 g/mol. The van der Waals surface area contributed by atoms with Crippen molar-refractivity contribution in [2.45, 2.75) is 152 Å². The number of carbonyl (C=O) groups is 4. The summed E-state index contributed by atoms with van der Waals surface area (Å²) < 4.78 is 129. The van der Waals surface area contributed by atoms with Gasteiger partial charge in [-0.05, 0) is 97.1 Å². The number of rotatable bonds is 10. The zero-order chi connectivity index (χ0) is 47.4. The van der Waals surface area contributed by atoms with Gasteiger partial charge in [-0.25, -0.2) is 23.2 Å². The number of benzene rings is 1. The number of carbonyl (C=O) groups excluding carboxylic acids is 4. The molecule has 3 fully saturated rings. The highest BCUT2D eigenvalue weighted by atomic mass is 32.2. The Hall–Kier alpha value is -4.89. The van der Waals surface area contributed by atoms with E-state index in [-0.39, 0.29) is 48.1 Å². The monoisotopic (exact) mass is 932 g/mol. The van der Waals surface area contributed by atoms with Crippen LogP contribution in [0.3, 0.4) is 0 Å². The van der Waals surface area contributed by atoms with Crippen LogP contribution in [0, 0.1) is 17.8 Å². The smallest absolute Gasteiger partial charge is 0.438 e. The first-order valence-electron chi connectivity index (χ1n) is 21.2. The zero-order valence-corrected chi connectivity index (χ0v) is 37.3. The molecule has 22 heteroatoms. The Balaban J connectivity index is 1.41. The molecule has 2 aliphatic heterocycles. The van der Waals surface area contributed by atoms with Crippen molar-refractivity contribution < 1.29 is 68.1 Å². The summed E-state index contributed by atoms with van der Waals surface area (Å²) in [6.07, 6.45) is -8.45. The molecule has 7 atom stereocenters. The minimum Gasteiger partial charge on any atom is -0.491 e. The first-order valence-corrected chi connectivity index (χ1v) is 22.7. The maximum atomic E-state index is 14.9. The van der Waals surface area contributed by atoms with E-state index in [0.717, 1.165) is 4.90 Å². The topological polar surface area (TPSA) is 195 Å². The second-order valence-electron chi connectivity index (χ2n) is 18.4. The number of aromatic nitrogens is 2. The second kappa shape index (κ2) is 17.5. The first kappa shape index (κ1) is 48.6. The van der Waals surface area contributed by atoms with Crippen LogP contribution in [-0.4, -0.2) is 100 Å². The maximum Gasteiger partial charge on any atom is 0.438 e. The largest absolute Gasteiger partial charge is 0.491 e. The molecule has 15 nitrogen and oxygen atoms in total. The molecular formula is C42H54F6N6O9S. The maximum absolute atomic E-state index is 14.9. The molecule has 354 valence electrons. The van der Waals surface area contributed by atoms with Crippen LogP contribution in [0.2, 0.25) is 0 Å².